The number of hydrogen-bond donors (Lipinski definition) is 2. The maximum atomic E-state index is 5.75. The molecule has 3 N–H and O–H groups in total. The minimum absolute atomic E-state index is 0.499. The number of nitrogens with two attached hydrogens (primary N) is 1. The summed E-state index contributed by atoms with van der Waals surface area (Å²) in [5.74, 6) is 0.872. The molecule has 0 bridgehead atoms. The number of nitrogens with one attached hydrogen (secondary N) is 1. The van der Waals surface area contributed by atoms with E-state index in [0.29, 0.717) is 6.54 Å². The molecule has 0 amide bonds. The molecule has 3 rings (SSSR count). The van der Waals surface area contributed by atoms with Crippen molar-refractivity contribution in [3.05, 3.63) is 52.0 Å². The lowest BCUT2D eigenvalue weighted by atomic mass is 10.1. The van der Waals surface area contributed by atoms with Gasteiger partial charge in [0.1, 0.15) is 5.82 Å². The number of aromatic nitrogens is 2. The molecule has 96 valence electrons. The molecule has 0 saturated carbocycles. The number of aryl methyl sites for hydroxylation is 1. The van der Waals surface area contributed by atoms with Gasteiger partial charge in [-0.3, -0.25) is 0 Å². The maximum Gasteiger partial charge on any atom is 0.138 e. The second-order valence-corrected chi connectivity index (χ2v) is 5.42. The summed E-state index contributed by atoms with van der Waals surface area (Å²) in [5.41, 5.74) is 11.1. The van der Waals surface area contributed by atoms with Crippen molar-refractivity contribution >= 4 is 27.0 Å². The Bertz CT molecular complexity index is 746. The van der Waals surface area contributed by atoms with Crippen molar-refractivity contribution in [2.24, 2.45) is 5.73 Å². The number of halogens is 1. The van der Waals surface area contributed by atoms with Crippen LogP contribution in [0.25, 0.3) is 22.4 Å². The predicted molar refractivity (Wildman–Crippen MR) is 81.9 cm³/mol. The van der Waals surface area contributed by atoms with E-state index in [1.807, 2.05) is 18.2 Å². The molecule has 0 aliphatic rings. The van der Waals surface area contributed by atoms with E-state index in [0.717, 1.165) is 32.5 Å². The average Bonchev–Trinajstić information content (AvgIpc) is 2.85. The third-order valence-corrected chi connectivity index (χ3v) is 4.12. The lowest BCUT2D eigenvalue weighted by Gasteiger charge is -2.00. The number of rotatable bonds is 2. The fourth-order valence-electron chi connectivity index (χ4n) is 2.13. The smallest absolute Gasteiger partial charge is 0.138 e. The zero-order valence-corrected chi connectivity index (χ0v) is 12.2. The van der Waals surface area contributed by atoms with E-state index >= 15 is 0 Å². The summed E-state index contributed by atoms with van der Waals surface area (Å²) in [6.07, 6.45) is 0. The van der Waals surface area contributed by atoms with Gasteiger partial charge in [-0.1, -0.05) is 40.2 Å². The zero-order valence-electron chi connectivity index (χ0n) is 10.6. The van der Waals surface area contributed by atoms with Gasteiger partial charge in [-0.2, -0.15) is 0 Å². The Kier molecular flexibility index (Phi) is 3.12. The normalized spacial score (nSPS) is 11.1. The van der Waals surface area contributed by atoms with Crippen molar-refractivity contribution in [3.8, 4) is 11.4 Å². The van der Waals surface area contributed by atoms with Crippen molar-refractivity contribution in [3.63, 3.8) is 0 Å². The Balaban J connectivity index is 2.17. The molecule has 4 heteroatoms. The van der Waals surface area contributed by atoms with E-state index < -0.39 is 0 Å². The monoisotopic (exact) mass is 315 g/mol. The molecule has 0 spiro atoms. The summed E-state index contributed by atoms with van der Waals surface area (Å²) in [7, 11) is 0. The van der Waals surface area contributed by atoms with Crippen molar-refractivity contribution in [2.45, 2.75) is 13.5 Å². The molecule has 0 fully saturated rings. The number of imidazole rings is 1. The van der Waals surface area contributed by atoms with E-state index in [4.69, 9.17) is 5.73 Å². The second kappa shape index (κ2) is 4.79. The van der Waals surface area contributed by atoms with E-state index in [-0.39, 0.29) is 0 Å². The van der Waals surface area contributed by atoms with Crippen LogP contribution in [0.1, 0.15) is 11.1 Å². The molecule has 19 heavy (non-hydrogen) atoms. The van der Waals surface area contributed by atoms with Crippen LogP contribution in [0.2, 0.25) is 0 Å². The minimum Gasteiger partial charge on any atom is -0.338 e. The molecule has 1 aromatic heterocycles. The van der Waals surface area contributed by atoms with Gasteiger partial charge in [-0.15, -0.1) is 0 Å². The number of para-hydroxylation sites is 1. The molecule has 3 nitrogen and oxygen atoms in total. The van der Waals surface area contributed by atoms with Crippen LogP contribution in [-0.2, 0) is 6.54 Å². The van der Waals surface area contributed by atoms with Crippen LogP contribution >= 0.6 is 15.9 Å². The van der Waals surface area contributed by atoms with E-state index in [2.05, 4.69) is 51.0 Å². The first-order valence-electron chi connectivity index (χ1n) is 6.13. The number of aromatic amines is 1. The highest BCUT2D eigenvalue weighted by Gasteiger charge is 2.08. The van der Waals surface area contributed by atoms with Gasteiger partial charge in [0.05, 0.1) is 11.0 Å². The Morgan fingerprint density at radius 2 is 2.11 bits per heavy atom. The fourth-order valence-corrected chi connectivity index (χ4v) is 2.51. The summed E-state index contributed by atoms with van der Waals surface area (Å²) in [4.78, 5) is 8.01. The molecule has 0 unspecified atom stereocenters. The van der Waals surface area contributed by atoms with Crippen LogP contribution in [0.3, 0.4) is 0 Å². The van der Waals surface area contributed by atoms with Crippen LogP contribution in [0.5, 0.6) is 0 Å². The molecular weight excluding hydrogens is 302 g/mol. The Labute approximate surface area is 120 Å². The summed E-state index contributed by atoms with van der Waals surface area (Å²) in [6, 6.07) is 12.3. The Morgan fingerprint density at radius 3 is 2.84 bits per heavy atom. The maximum absolute atomic E-state index is 5.75. The first kappa shape index (κ1) is 12.4. The molecule has 0 radical (unpaired) electrons. The van der Waals surface area contributed by atoms with Crippen LogP contribution in [-0.4, -0.2) is 9.97 Å². The number of benzene rings is 2. The molecule has 0 aliphatic heterocycles. The molecule has 3 aromatic rings. The standard InChI is InChI=1S/C15H14BrN3/c1-9-5-6-10(7-12(9)16)15-18-13-4-2-3-11(8-17)14(13)19-15/h2-7H,8,17H2,1H3,(H,18,19). The SMILES string of the molecule is Cc1ccc(-c2nc3c(CN)cccc3[nH]2)cc1Br. The minimum atomic E-state index is 0.499. The Hall–Kier alpha value is -1.65. The third-order valence-electron chi connectivity index (χ3n) is 3.26. The summed E-state index contributed by atoms with van der Waals surface area (Å²) >= 11 is 3.55. The van der Waals surface area contributed by atoms with Crippen molar-refractivity contribution in [1.29, 1.82) is 0 Å². The molecule has 1 heterocycles. The highest BCUT2D eigenvalue weighted by molar-refractivity contribution is 9.10. The van der Waals surface area contributed by atoms with E-state index in [1.165, 1.54) is 5.56 Å². The fraction of sp³-hybridized carbons (Fsp3) is 0.133. The van der Waals surface area contributed by atoms with Gasteiger partial charge in [0, 0.05) is 16.6 Å². The number of hydrogen-bond acceptors (Lipinski definition) is 2. The van der Waals surface area contributed by atoms with Gasteiger partial charge >= 0.3 is 0 Å². The topological polar surface area (TPSA) is 54.7 Å². The molecule has 2 aromatic carbocycles. The lowest BCUT2D eigenvalue weighted by Crippen LogP contribution is -1.96. The first-order chi connectivity index (χ1) is 9.19. The van der Waals surface area contributed by atoms with E-state index in [1.54, 1.807) is 0 Å². The number of fused-ring (bicyclic) bond motifs is 1. The van der Waals surface area contributed by atoms with Gasteiger partial charge in [0.15, 0.2) is 0 Å². The molecule has 0 atom stereocenters. The quantitative estimate of drug-likeness (QED) is 0.756. The van der Waals surface area contributed by atoms with Gasteiger partial charge < -0.3 is 10.7 Å². The number of H-pyrrole nitrogens is 1. The largest absolute Gasteiger partial charge is 0.338 e. The van der Waals surface area contributed by atoms with Gasteiger partial charge in [-0.25, -0.2) is 4.98 Å². The summed E-state index contributed by atoms with van der Waals surface area (Å²) < 4.78 is 1.09. The van der Waals surface area contributed by atoms with E-state index in [9.17, 15) is 0 Å². The van der Waals surface area contributed by atoms with Crippen LogP contribution in [0.4, 0.5) is 0 Å². The lowest BCUT2D eigenvalue weighted by molar-refractivity contribution is 1.08. The van der Waals surface area contributed by atoms with Gasteiger partial charge in [0.2, 0.25) is 0 Å². The first-order valence-corrected chi connectivity index (χ1v) is 6.92. The van der Waals surface area contributed by atoms with Crippen LogP contribution in [0.15, 0.2) is 40.9 Å². The highest BCUT2D eigenvalue weighted by Crippen LogP contribution is 2.26. The van der Waals surface area contributed by atoms with Crippen molar-refractivity contribution in [2.75, 3.05) is 0 Å². The highest BCUT2D eigenvalue weighted by atomic mass is 79.9. The predicted octanol–water partition coefficient (Wildman–Crippen LogP) is 3.76. The third kappa shape index (κ3) is 2.17. The van der Waals surface area contributed by atoms with Crippen LogP contribution < -0.4 is 5.73 Å². The van der Waals surface area contributed by atoms with Crippen molar-refractivity contribution in [1.82, 2.24) is 9.97 Å². The van der Waals surface area contributed by atoms with Gasteiger partial charge in [0.25, 0.3) is 0 Å². The van der Waals surface area contributed by atoms with Gasteiger partial charge in [-0.05, 0) is 30.2 Å². The zero-order chi connectivity index (χ0) is 13.4. The molecular formula is C15H14BrN3. The summed E-state index contributed by atoms with van der Waals surface area (Å²) in [6.45, 7) is 2.57. The van der Waals surface area contributed by atoms with Crippen LogP contribution in [0, 0.1) is 6.92 Å². The second-order valence-electron chi connectivity index (χ2n) is 4.57. The van der Waals surface area contributed by atoms with Crippen molar-refractivity contribution < 1.29 is 0 Å². The Morgan fingerprint density at radius 1 is 1.26 bits per heavy atom. The number of nitrogens with zero attached hydrogens (tertiary/aromatic N) is 1. The molecule has 0 aliphatic carbocycles. The summed E-state index contributed by atoms with van der Waals surface area (Å²) in [5, 5.41) is 0. The average molecular weight is 316 g/mol. The molecule has 0 saturated heterocycles.